The lowest BCUT2D eigenvalue weighted by Crippen LogP contribution is -2.45. The van der Waals surface area contributed by atoms with Crippen molar-refractivity contribution in [2.75, 3.05) is 4.90 Å². The Morgan fingerprint density at radius 1 is 1.12 bits per heavy atom. The topological polar surface area (TPSA) is 66.5 Å². The van der Waals surface area contributed by atoms with Crippen LogP contribution in [0, 0.1) is 11.6 Å². The molecule has 2 aromatic rings. The molecule has 2 aliphatic heterocycles. The average molecular weight is 377 g/mol. The predicted molar refractivity (Wildman–Crippen MR) is 88.4 cm³/mol. The minimum Gasteiger partial charge on any atom is -0.306 e. The van der Waals surface area contributed by atoms with Gasteiger partial charge in [0.1, 0.15) is 11.6 Å². The van der Waals surface area contributed by atoms with Gasteiger partial charge in [0.15, 0.2) is 5.41 Å². The van der Waals surface area contributed by atoms with Crippen molar-refractivity contribution in [2.45, 2.75) is 18.4 Å². The Kier molecular flexibility index (Phi) is 3.59. The molecular weight excluding hydrogens is 366 g/mol. The summed E-state index contributed by atoms with van der Waals surface area (Å²) in [7, 11) is 0. The maximum atomic E-state index is 14.0. The molecule has 1 spiro atoms. The normalized spacial score (nSPS) is 21.5. The summed E-state index contributed by atoms with van der Waals surface area (Å²) in [5.74, 6) is -3.30. The van der Waals surface area contributed by atoms with E-state index in [2.05, 4.69) is 5.32 Å². The second-order valence-corrected chi connectivity index (χ2v) is 6.68. The van der Waals surface area contributed by atoms with E-state index < -0.39 is 34.8 Å². The molecule has 1 fully saturated rings. The number of carbonyl (C=O) groups excluding carboxylic acids is 3. The maximum absolute atomic E-state index is 14.0. The van der Waals surface area contributed by atoms with Gasteiger partial charge in [0, 0.05) is 21.8 Å². The molecule has 132 valence electrons. The van der Waals surface area contributed by atoms with Crippen molar-refractivity contribution in [3.63, 3.8) is 0 Å². The molecule has 1 N–H and O–H groups in total. The molecule has 4 rings (SSSR count). The number of fused-ring (bicyclic) bond motifs is 2. The highest BCUT2D eigenvalue weighted by atomic mass is 35.5. The minimum absolute atomic E-state index is 0.0407. The highest BCUT2D eigenvalue weighted by Gasteiger charge is 2.61. The van der Waals surface area contributed by atoms with Gasteiger partial charge in [-0.3, -0.25) is 19.7 Å². The van der Waals surface area contributed by atoms with Crippen molar-refractivity contribution in [1.82, 2.24) is 5.32 Å². The third-order valence-corrected chi connectivity index (χ3v) is 4.96. The van der Waals surface area contributed by atoms with Gasteiger partial charge >= 0.3 is 0 Å². The summed E-state index contributed by atoms with van der Waals surface area (Å²) in [4.78, 5) is 38.5. The van der Waals surface area contributed by atoms with Crippen molar-refractivity contribution in [2.24, 2.45) is 0 Å². The molecule has 5 nitrogen and oxygen atoms in total. The molecule has 2 heterocycles. The first-order valence-electron chi connectivity index (χ1n) is 7.73. The summed E-state index contributed by atoms with van der Waals surface area (Å²) in [6.07, 6.45) is -0.347. The van der Waals surface area contributed by atoms with Crippen molar-refractivity contribution in [1.29, 1.82) is 0 Å². The molecule has 0 radical (unpaired) electrons. The average Bonchev–Trinajstić information content (AvgIpc) is 3.00. The van der Waals surface area contributed by atoms with Gasteiger partial charge in [-0.1, -0.05) is 11.6 Å². The first-order valence-corrected chi connectivity index (χ1v) is 8.11. The third-order valence-electron chi connectivity index (χ3n) is 4.72. The summed E-state index contributed by atoms with van der Waals surface area (Å²) >= 11 is 6.01. The predicted octanol–water partition coefficient (Wildman–Crippen LogP) is 2.45. The number of amides is 3. The first-order chi connectivity index (χ1) is 12.3. The van der Waals surface area contributed by atoms with Crippen LogP contribution in [0.15, 0.2) is 36.4 Å². The molecule has 2 aromatic carbocycles. The van der Waals surface area contributed by atoms with E-state index in [0.717, 1.165) is 18.2 Å². The Labute approximate surface area is 151 Å². The second kappa shape index (κ2) is 5.60. The largest absolute Gasteiger partial charge is 0.306 e. The maximum Gasteiger partial charge on any atom is 0.248 e. The lowest BCUT2D eigenvalue weighted by molar-refractivity contribution is -0.133. The smallest absolute Gasteiger partial charge is 0.248 e. The first kappa shape index (κ1) is 16.7. The van der Waals surface area contributed by atoms with Gasteiger partial charge in [-0.05, 0) is 36.4 Å². The van der Waals surface area contributed by atoms with E-state index in [4.69, 9.17) is 11.6 Å². The number of nitrogens with zero attached hydrogens (tertiary/aromatic N) is 1. The van der Waals surface area contributed by atoms with E-state index >= 15 is 0 Å². The number of nitrogens with one attached hydrogen (secondary N) is 1. The summed E-state index contributed by atoms with van der Waals surface area (Å²) in [5, 5.41) is 2.44. The van der Waals surface area contributed by atoms with Gasteiger partial charge in [0.05, 0.1) is 13.0 Å². The Balaban J connectivity index is 1.85. The van der Waals surface area contributed by atoms with Crippen LogP contribution in [0.2, 0.25) is 5.02 Å². The van der Waals surface area contributed by atoms with Crippen LogP contribution in [0.1, 0.15) is 17.5 Å². The molecule has 1 unspecified atom stereocenters. The standard InChI is InChI=1S/C18H11ClF2N2O3/c19-10-1-4-14-12(6-10)18(7-15(24)22-16(18)25)17(26)23(14)8-9-5-11(20)2-3-13(9)21/h1-6H,7-8H2,(H,22,24,25). The molecule has 1 saturated heterocycles. The van der Waals surface area contributed by atoms with Crippen molar-refractivity contribution in [3.8, 4) is 0 Å². The van der Waals surface area contributed by atoms with Crippen molar-refractivity contribution in [3.05, 3.63) is 64.2 Å². The fourth-order valence-electron chi connectivity index (χ4n) is 3.52. The second-order valence-electron chi connectivity index (χ2n) is 6.25. The van der Waals surface area contributed by atoms with Crippen LogP contribution in [0.5, 0.6) is 0 Å². The zero-order valence-electron chi connectivity index (χ0n) is 13.2. The molecule has 0 aromatic heterocycles. The Bertz CT molecular complexity index is 994. The highest BCUT2D eigenvalue weighted by Crippen LogP contribution is 2.47. The summed E-state index contributed by atoms with van der Waals surface area (Å²) in [5.41, 5.74) is -1.13. The Hall–Kier alpha value is -2.80. The van der Waals surface area contributed by atoms with E-state index in [1.54, 1.807) is 0 Å². The monoisotopic (exact) mass is 376 g/mol. The van der Waals surface area contributed by atoms with E-state index in [0.29, 0.717) is 10.7 Å². The Morgan fingerprint density at radius 3 is 2.58 bits per heavy atom. The van der Waals surface area contributed by atoms with Crippen LogP contribution in [0.4, 0.5) is 14.5 Å². The number of imide groups is 1. The zero-order chi connectivity index (χ0) is 18.6. The van der Waals surface area contributed by atoms with Gasteiger partial charge < -0.3 is 4.90 Å². The number of anilines is 1. The quantitative estimate of drug-likeness (QED) is 0.646. The molecular formula is C18H11ClF2N2O3. The molecule has 3 amide bonds. The number of rotatable bonds is 2. The van der Waals surface area contributed by atoms with Gasteiger partial charge in [-0.2, -0.15) is 0 Å². The van der Waals surface area contributed by atoms with Crippen LogP contribution in [0.25, 0.3) is 0 Å². The van der Waals surface area contributed by atoms with Crippen LogP contribution in [-0.2, 0) is 26.3 Å². The third kappa shape index (κ3) is 2.24. The van der Waals surface area contributed by atoms with Crippen LogP contribution in [0.3, 0.4) is 0 Å². The molecule has 8 heteroatoms. The number of benzene rings is 2. The van der Waals surface area contributed by atoms with Gasteiger partial charge in [0.2, 0.25) is 17.7 Å². The molecule has 0 saturated carbocycles. The molecule has 0 aliphatic carbocycles. The SMILES string of the molecule is O=C1CC2(C(=O)N1)C(=O)N(Cc1cc(F)ccc1F)c1ccc(Cl)cc12. The van der Waals surface area contributed by atoms with Crippen molar-refractivity contribution >= 4 is 35.0 Å². The van der Waals surface area contributed by atoms with Gasteiger partial charge in [0.25, 0.3) is 0 Å². The van der Waals surface area contributed by atoms with E-state index in [9.17, 15) is 23.2 Å². The van der Waals surface area contributed by atoms with Crippen LogP contribution in [-0.4, -0.2) is 17.7 Å². The molecule has 1 atom stereocenters. The summed E-state index contributed by atoms with van der Waals surface area (Å²) in [6.45, 7) is -0.278. The lowest BCUT2D eigenvalue weighted by Gasteiger charge is -2.21. The van der Waals surface area contributed by atoms with Gasteiger partial charge in [-0.15, -0.1) is 0 Å². The van der Waals surface area contributed by atoms with Crippen LogP contribution >= 0.6 is 11.6 Å². The molecule has 2 aliphatic rings. The van der Waals surface area contributed by atoms with E-state index in [1.807, 2.05) is 0 Å². The van der Waals surface area contributed by atoms with E-state index in [1.165, 1.54) is 23.1 Å². The molecule has 26 heavy (non-hydrogen) atoms. The van der Waals surface area contributed by atoms with Crippen LogP contribution < -0.4 is 10.2 Å². The summed E-state index contributed by atoms with van der Waals surface area (Å²) < 4.78 is 27.5. The summed E-state index contributed by atoms with van der Waals surface area (Å²) in [6, 6.07) is 7.43. The number of hydrogen-bond acceptors (Lipinski definition) is 3. The lowest BCUT2D eigenvalue weighted by atomic mass is 9.80. The molecule has 0 bridgehead atoms. The van der Waals surface area contributed by atoms with Gasteiger partial charge in [-0.25, -0.2) is 8.78 Å². The van der Waals surface area contributed by atoms with Crippen molar-refractivity contribution < 1.29 is 23.2 Å². The minimum atomic E-state index is -1.72. The Morgan fingerprint density at radius 2 is 1.88 bits per heavy atom. The fourth-order valence-corrected chi connectivity index (χ4v) is 3.69. The fraction of sp³-hybridized carbons (Fsp3) is 0.167. The number of halogens is 3. The highest BCUT2D eigenvalue weighted by molar-refractivity contribution is 6.32. The van der Waals surface area contributed by atoms with E-state index in [-0.39, 0.29) is 24.1 Å². The number of carbonyl (C=O) groups is 3. The number of hydrogen-bond donors (Lipinski definition) is 1. The zero-order valence-corrected chi connectivity index (χ0v) is 13.9.